The van der Waals surface area contributed by atoms with Crippen molar-refractivity contribution in [2.75, 3.05) is 24.4 Å². The number of pyridine rings is 1. The molecule has 0 aliphatic carbocycles. The fourth-order valence-corrected chi connectivity index (χ4v) is 4.99. The number of aromatic nitrogens is 1. The summed E-state index contributed by atoms with van der Waals surface area (Å²) in [6, 6.07) is 20.5. The van der Waals surface area contributed by atoms with Crippen LogP contribution in [-0.2, 0) is 25.5 Å². The van der Waals surface area contributed by atoms with Crippen molar-refractivity contribution >= 4 is 23.3 Å². The number of nitrogens with one attached hydrogen (secondary N) is 2. The minimum Gasteiger partial charge on any atom is -0.494 e. The van der Waals surface area contributed by atoms with E-state index in [-0.39, 0.29) is 11.1 Å². The first-order valence-electron chi connectivity index (χ1n) is 12.5. The maximum Gasteiger partial charge on any atom is 0.337 e. The van der Waals surface area contributed by atoms with E-state index in [2.05, 4.69) is 15.6 Å². The second-order valence-electron chi connectivity index (χ2n) is 9.01. The van der Waals surface area contributed by atoms with E-state index in [0.29, 0.717) is 18.7 Å². The van der Waals surface area contributed by atoms with Gasteiger partial charge in [-0.25, -0.2) is 4.79 Å². The summed E-state index contributed by atoms with van der Waals surface area (Å²) in [5.41, 5.74) is 1.59. The van der Waals surface area contributed by atoms with Crippen LogP contribution in [0, 0.1) is 0 Å². The van der Waals surface area contributed by atoms with E-state index in [9.17, 15) is 9.59 Å². The van der Waals surface area contributed by atoms with Crippen LogP contribution in [0.2, 0.25) is 0 Å². The molecule has 0 radical (unpaired) electrons. The number of amides is 1. The average Bonchev–Trinajstić information content (AvgIpc) is 3.52. The zero-order valence-electron chi connectivity index (χ0n) is 21.2. The summed E-state index contributed by atoms with van der Waals surface area (Å²) in [6.45, 7) is 2.47. The molecule has 1 aromatic heterocycles. The summed E-state index contributed by atoms with van der Waals surface area (Å²) < 4.78 is 17.4. The van der Waals surface area contributed by atoms with Gasteiger partial charge in [-0.1, -0.05) is 42.5 Å². The number of carbonyl (C=O) groups excluding carboxylic acids is 2. The smallest absolute Gasteiger partial charge is 0.337 e. The Bertz CT molecular complexity index is 1370. The SMILES string of the molecule is CCOc1cccc(NC(Cc2ccccc2)C23C=CC(O2)C(C(=O)Nc2ccncc2)=C3C(=O)OC)c1. The Morgan fingerprint density at radius 2 is 1.84 bits per heavy atom. The van der Waals surface area contributed by atoms with Gasteiger partial charge in [-0.2, -0.15) is 0 Å². The Balaban J connectivity index is 1.57. The largest absolute Gasteiger partial charge is 0.494 e. The van der Waals surface area contributed by atoms with E-state index < -0.39 is 29.6 Å². The number of anilines is 2. The van der Waals surface area contributed by atoms with Crippen molar-refractivity contribution in [3.05, 3.63) is 108 Å². The van der Waals surface area contributed by atoms with Crippen molar-refractivity contribution in [1.29, 1.82) is 0 Å². The molecule has 3 aromatic rings. The number of benzene rings is 2. The van der Waals surface area contributed by atoms with E-state index in [0.717, 1.165) is 17.0 Å². The highest BCUT2D eigenvalue weighted by molar-refractivity contribution is 6.12. The van der Waals surface area contributed by atoms with Gasteiger partial charge in [-0.15, -0.1) is 0 Å². The molecule has 2 aromatic carbocycles. The topological polar surface area (TPSA) is 98.8 Å². The van der Waals surface area contributed by atoms with Crippen LogP contribution in [0.4, 0.5) is 11.4 Å². The number of methoxy groups -OCH3 is 1. The molecule has 0 saturated heterocycles. The van der Waals surface area contributed by atoms with Crippen LogP contribution in [0.1, 0.15) is 12.5 Å². The van der Waals surface area contributed by atoms with Gasteiger partial charge >= 0.3 is 5.97 Å². The Morgan fingerprint density at radius 3 is 2.58 bits per heavy atom. The minimum atomic E-state index is -1.24. The molecule has 2 N–H and O–H groups in total. The molecule has 5 rings (SSSR count). The number of rotatable bonds is 10. The number of fused-ring (bicyclic) bond motifs is 2. The van der Waals surface area contributed by atoms with Crippen molar-refractivity contribution in [2.24, 2.45) is 0 Å². The van der Waals surface area contributed by atoms with Gasteiger partial charge < -0.3 is 24.8 Å². The molecule has 8 nitrogen and oxygen atoms in total. The van der Waals surface area contributed by atoms with E-state index >= 15 is 0 Å². The summed E-state index contributed by atoms with van der Waals surface area (Å²) in [5.74, 6) is -0.314. The lowest BCUT2D eigenvalue weighted by molar-refractivity contribution is -0.138. The number of ether oxygens (including phenoxy) is 3. The summed E-state index contributed by atoms with van der Waals surface area (Å²) >= 11 is 0. The Morgan fingerprint density at radius 1 is 1.05 bits per heavy atom. The number of nitrogens with zero attached hydrogens (tertiary/aromatic N) is 1. The van der Waals surface area contributed by atoms with Crippen molar-refractivity contribution in [1.82, 2.24) is 4.98 Å². The van der Waals surface area contributed by atoms with Gasteiger partial charge in [0.15, 0.2) is 0 Å². The van der Waals surface area contributed by atoms with Gasteiger partial charge in [0.25, 0.3) is 5.91 Å². The standard InChI is InChI=1S/C30H29N3O5/c1-3-37-23-11-7-10-22(19-23)32-25(18-20-8-5-4-6-9-20)30-15-12-24(38-30)26(27(30)29(35)36-2)28(34)33-21-13-16-31-17-14-21/h4-17,19,24-25,32H,3,18H2,1-2H3,(H,31,33,34). The molecule has 1 amide bonds. The Labute approximate surface area is 221 Å². The lowest BCUT2D eigenvalue weighted by Crippen LogP contribution is -2.49. The molecule has 0 saturated carbocycles. The van der Waals surface area contributed by atoms with Gasteiger partial charge in [0.05, 0.1) is 30.9 Å². The first kappa shape index (κ1) is 25.2. The van der Waals surface area contributed by atoms with Gasteiger partial charge in [0.1, 0.15) is 17.5 Å². The maximum atomic E-state index is 13.5. The van der Waals surface area contributed by atoms with Crippen molar-refractivity contribution in [3.8, 4) is 5.75 Å². The third kappa shape index (κ3) is 4.90. The lowest BCUT2D eigenvalue weighted by Gasteiger charge is -2.36. The van der Waals surface area contributed by atoms with Crippen LogP contribution in [-0.4, -0.2) is 48.3 Å². The van der Waals surface area contributed by atoms with E-state index in [4.69, 9.17) is 14.2 Å². The van der Waals surface area contributed by atoms with Gasteiger partial charge in [0.2, 0.25) is 0 Å². The summed E-state index contributed by atoms with van der Waals surface area (Å²) in [7, 11) is 1.31. The molecular formula is C30H29N3O5. The molecule has 8 heteroatoms. The van der Waals surface area contributed by atoms with Crippen molar-refractivity contribution in [2.45, 2.75) is 31.1 Å². The van der Waals surface area contributed by atoms with E-state index in [1.807, 2.05) is 73.7 Å². The Hall–Kier alpha value is -4.43. The predicted molar refractivity (Wildman–Crippen MR) is 144 cm³/mol. The van der Waals surface area contributed by atoms with E-state index in [1.54, 1.807) is 24.5 Å². The third-order valence-electron chi connectivity index (χ3n) is 6.64. The number of hydrogen-bond acceptors (Lipinski definition) is 7. The highest BCUT2D eigenvalue weighted by Gasteiger charge is 2.58. The molecule has 3 atom stereocenters. The maximum absolute atomic E-state index is 13.5. The first-order valence-corrected chi connectivity index (χ1v) is 12.5. The van der Waals surface area contributed by atoms with Crippen LogP contribution >= 0.6 is 0 Å². The average molecular weight is 512 g/mol. The first-order chi connectivity index (χ1) is 18.5. The predicted octanol–water partition coefficient (Wildman–Crippen LogP) is 4.32. The van der Waals surface area contributed by atoms with Gasteiger partial charge in [-0.05, 0) is 49.2 Å². The van der Waals surface area contributed by atoms with E-state index in [1.165, 1.54) is 7.11 Å². The van der Waals surface area contributed by atoms with Crippen molar-refractivity contribution < 1.29 is 23.8 Å². The molecular weight excluding hydrogens is 482 g/mol. The highest BCUT2D eigenvalue weighted by atomic mass is 16.5. The molecule has 2 bridgehead atoms. The number of carbonyl (C=O) groups is 2. The quantitative estimate of drug-likeness (QED) is 0.309. The molecule has 3 unspecified atom stereocenters. The fourth-order valence-electron chi connectivity index (χ4n) is 4.99. The molecule has 194 valence electrons. The van der Waals surface area contributed by atoms with Crippen LogP contribution in [0.5, 0.6) is 5.75 Å². The molecule has 3 heterocycles. The number of hydrogen-bond donors (Lipinski definition) is 2. The molecule has 2 aliphatic rings. The molecule has 2 aliphatic heterocycles. The molecule has 0 fully saturated rings. The second-order valence-corrected chi connectivity index (χ2v) is 9.01. The molecule has 38 heavy (non-hydrogen) atoms. The monoisotopic (exact) mass is 511 g/mol. The van der Waals surface area contributed by atoms with Crippen LogP contribution in [0.15, 0.2) is 102 Å². The highest BCUT2D eigenvalue weighted by Crippen LogP contribution is 2.47. The molecule has 0 spiro atoms. The fraction of sp³-hybridized carbons (Fsp3) is 0.233. The summed E-state index contributed by atoms with van der Waals surface area (Å²) in [6.07, 6.45) is 6.67. The zero-order chi connectivity index (χ0) is 26.5. The Kier molecular flexibility index (Phi) is 7.24. The summed E-state index contributed by atoms with van der Waals surface area (Å²) in [5, 5.41) is 6.43. The zero-order valence-corrected chi connectivity index (χ0v) is 21.2. The number of esters is 1. The van der Waals surface area contributed by atoms with Crippen molar-refractivity contribution in [3.63, 3.8) is 0 Å². The lowest BCUT2D eigenvalue weighted by atomic mass is 9.78. The summed E-state index contributed by atoms with van der Waals surface area (Å²) in [4.78, 5) is 30.8. The van der Waals surface area contributed by atoms with Crippen LogP contribution in [0.3, 0.4) is 0 Å². The normalized spacial score (nSPS) is 20.2. The van der Waals surface area contributed by atoms with Crippen LogP contribution in [0.25, 0.3) is 0 Å². The van der Waals surface area contributed by atoms with Gasteiger partial charge in [0, 0.05) is 29.8 Å². The van der Waals surface area contributed by atoms with Gasteiger partial charge in [-0.3, -0.25) is 9.78 Å². The second kappa shape index (κ2) is 10.9. The third-order valence-corrected chi connectivity index (χ3v) is 6.64. The van der Waals surface area contributed by atoms with Crippen LogP contribution < -0.4 is 15.4 Å². The minimum absolute atomic E-state index is 0.188.